The SMILES string of the molecule is Cc1ocnc1C(=O)NC(CC(=O)O)c1cccc(Cl)c1. The topological polar surface area (TPSA) is 92.4 Å². The second-order valence-corrected chi connectivity index (χ2v) is 4.87. The zero-order valence-electron chi connectivity index (χ0n) is 11.2. The lowest BCUT2D eigenvalue weighted by Gasteiger charge is -2.17. The maximum atomic E-state index is 12.1. The summed E-state index contributed by atoms with van der Waals surface area (Å²) in [5, 5.41) is 12.1. The molecule has 2 rings (SSSR count). The molecule has 0 aliphatic rings. The molecule has 0 saturated carbocycles. The van der Waals surface area contributed by atoms with Crippen molar-refractivity contribution in [1.82, 2.24) is 10.3 Å². The minimum absolute atomic E-state index is 0.132. The summed E-state index contributed by atoms with van der Waals surface area (Å²) >= 11 is 5.90. The third kappa shape index (κ3) is 3.82. The van der Waals surface area contributed by atoms with Crippen LogP contribution >= 0.6 is 11.6 Å². The van der Waals surface area contributed by atoms with Gasteiger partial charge in [0.05, 0.1) is 12.5 Å². The van der Waals surface area contributed by atoms with Gasteiger partial charge in [-0.25, -0.2) is 4.98 Å². The van der Waals surface area contributed by atoms with Crippen LogP contribution < -0.4 is 5.32 Å². The van der Waals surface area contributed by atoms with Gasteiger partial charge in [0, 0.05) is 5.02 Å². The lowest BCUT2D eigenvalue weighted by Crippen LogP contribution is -2.30. The van der Waals surface area contributed by atoms with Crippen molar-refractivity contribution in [2.75, 3.05) is 0 Å². The average molecular weight is 309 g/mol. The van der Waals surface area contributed by atoms with Crippen LogP contribution in [0.15, 0.2) is 35.1 Å². The van der Waals surface area contributed by atoms with E-state index in [1.54, 1.807) is 31.2 Å². The van der Waals surface area contributed by atoms with Crippen LogP contribution in [0.2, 0.25) is 5.02 Å². The van der Waals surface area contributed by atoms with E-state index in [0.29, 0.717) is 16.3 Å². The molecule has 1 aromatic carbocycles. The van der Waals surface area contributed by atoms with E-state index in [2.05, 4.69) is 10.3 Å². The van der Waals surface area contributed by atoms with Crippen LogP contribution in [0, 0.1) is 6.92 Å². The molecule has 21 heavy (non-hydrogen) atoms. The predicted octanol–water partition coefficient (Wildman–Crippen LogP) is 2.58. The molecule has 1 aromatic heterocycles. The highest BCUT2D eigenvalue weighted by atomic mass is 35.5. The Morgan fingerprint density at radius 1 is 1.48 bits per heavy atom. The Morgan fingerprint density at radius 3 is 2.81 bits per heavy atom. The minimum atomic E-state index is -1.03. The summed E-state index contributed by atoms with van der Waals surface area (Å²) in [5.41, 5.74) is 0.742. The fourth-order valence-electron chi connectivity index (χ4n) is 1.90. The number of benzene rings is 1. The highest BCUT2D eigenvalue weighted by molar-refractivity contribution is 6.30. The molecular weight excluding hydrogens is 296 g/mol. The smallest absolute Gasteiger partial charge is 0.305 e. The molecule has 1 amide bonds. The maximum absolute atomic E-state index is 12.1. The number of nitrogens with one attached hydrogen (secondary N) is 1. The van der Waals surface area contributed by atoms with Crippen LogP contribution in [0.4, 0.5) is 0 Å². The van der Waals surface area contributed by atoms with E-state index in [0.717, 1.165) is 6.39 Å². The summed E-state index contributed by atoms with van der Waals surface area (Å²) in [6.45, 7) is 1.60. The van der Waals surface area contributed by atoms with Gasteiger partial charge in [0.15, 0.2) is 12.1 Å². The highest BCUT2D eigenvalue weighted by Gasteiger charge is 2.21. The third-order valence-electron chi connectivity index (χ3n) is 2.89. The normalized spacial score (nSPS) is 11.9. The van der Waals surface area contributed by atoms with Crippen LogP contribution in [0.25, 0.3) is 0 Å². The van der Waals surface area contributed by atoms with Crippen molar-refractivity contribution in [3.05, 3.63) is 52.7 Å². The van der Waals surface area contributed by atoms with E-state index < -0.39 is 17.9 Å². The van der Waals surface area contributed by atoms with E-state index in [-0.39, 0.29) is 12.1 Å². The Bertz CT molecular complexity index is 668. The maximum Gasteiger partial charge on any atom is 0.305 e. The fourth-order valence-corrected chi connectivity index (χ4v) is 2.10. The zero-order chi connectivity index (χ0) is 15.4. The molecule has 1 unspecified atom stereocenters. The first-order valence-corrected chi connectivity index (χ1v) is 6.53. The number of nitrogens with zero attached hydrogens (tertiary/aromatic N) is 1. The molecule has 2 aromatic rings. The van der Waals surface area contributed by atoms with E-state index in [4.69, 9.17) is 21.1 Å². The number of halogens is 1. The van der Waals surface area contributed by atoms with Crippen molar-refractivity contribution < 1.29 is 19.1 Å². The van der Waals surface area contributed by atoms with Crippen LogP contribution in [-0.2, 0) is 4.79 Å². The van der Waals surface area contributed by atoms with Crippen LogP contribution in [0.5, 0.6) is 0 Å². The number of hydrogen-bond acceptors (Lipinski definition) is 4. The lowest BCUT2D eigenvalue weighted by molar-refractivity contribution is -0.137. The first-order chi connectivity index (χ1) is 9.97. The highest BCUT2D eigenvalue weighted by Crippen LogP contribution is 2.21. The summed E-state index contributed by atoms with van der Waals surface area (Å²) in [6.07, 6.45) is 0.902. The number of aryl methyl sites for hydroxylation is 1. The van der Waals surface area contributed by atoms with E-state index >= 15 is 0 Å². The second kappa shape index (κ2) is 6.41. The fraction of sp³-hybridized carbons (Fsp3) is 0.214. The Balaban J connectivity index is 2.23. The van der Waals surface area contributed by atoms with E-state index in [9.17, 15) is 9.59 Å². The summed E-state index contributed by atoms with van der Waals surface area (Å²) in [6, 6.07) is 5.98. The number of carbonyl (C=O) groups is 2. The van der Waals surface area contributed by atoms with Gasteiger partial charge < -0.3 is 14.8 Å². The van der Waals surface area contributed by atoms with Gasteiger partial charge >= 0.3 is 5.97 Å². The quantitative estimate of drug-likeness (QED) is 0.885. The number of aliphatic carboxylic acids is 1. The Hall–Kier alpha value is -2.34. The molecule has 0 radical (unpaired) electrons. The van der Waals surface area contributed by atoms with Crippen LogP contribution in [0.1, 0.15) is 34.3 Å². The molecular formula is C14H13ClN2O4. The molecule has 0 aliphatic heterocycles. The van der Waals surface area contributed by atoms with Gasteiger partial charge in [0.25, 0.3) is 5.91 Å². The number of oxazole rings is 1. The van der Waals surface area contributed by atoms with Gasteiger partial charge in [-0.15, -0.1) is 0 Å². The van der Waals surface area contributed by atoms with Gasteiger partial charge in [-0.3, -0.25) is 9.59 Å². The first kappa shape index (κ1) is 15.1. The standard InChI is InChI=1S/C14H13ClN2O4/c1-8-13(16-7-21-8)14(20)17-11(6-12(18)19)9-3-2-4-10(15)5-9/h2-5,7,11H,6H2,1H3,(H,17,20)(H,18,19). The number of aromatic nitrogens is 1. The molecule has 2 N–H and O–H groups in total. The minimum Gasteiger partial charge on any atom is -0.481 e. The molecule has 0 bridgehead atoms. The second-order valence-electron chi connectivity index (χ2n) is 4.44. The first-order valence-electron chi connectivity index (χ1n) is 6.15. The number of amides is 1. The summed E-state index contributed by atoms with van der Waals surface area (Å²) in [4.78, 5) is 26.9. The van der Waals surface area contributed by atoms with Crippen molar-refractivity contribution >= 4 is 23.5 Å². The molecule has 0 aliphatic carbocycles. The van der Waals surface area contributed by atoms with Gasteiger partial charge in [0.1, 0.15) is 5.76 Å². The van der Waals surface area contributed by atoms with Gasteiger partial charge in [-0.2, -0.15) is 0 Å². The van der Waals surface area contributed by atoms with Gasteiger partial charge in [-0.1, -0.05) is 23.7 Å². The molecule has 0 fully saturated rings. The summed E-state index contributed by atoms with van der Waals surface area (Å²) < 4.78 is 4.96. The molecule has 1 atom stereocenters. The van der Waals surface area contributed by atoms with Gasteiger partial charge in [0.2, 0.25) is 0 Å². The summed E-state index contributed by atoms with van der Waals surface area (Å²) in [5.74, 6) is -1.16. The molecule has 1 heterocycles. The molecule has 0 saturated heterocycles. The predicted molar refractivity (Wildman–Crippen MR) is 75.2 cm³/mol. The monoisotopic (exact) mass is 308 g/mol. The molecule has 7 heteroatoms. The lowest BCUT2D eigenvalue weighted by atomic mass is 10.0. The van der Waals surface area contributed by atoms with Crippen molar-refractivity contribution in [3.63, 3.8) is 0 Å². The number of carboxylic acids is 1. The number of carboxylic acid groups (broad SMARTS) is 1. The van der Waals surface area contributed by atoms with Crippen molar-refractivity contribution in [1.29, 1.82) is 0 Å². The van der Waals surface area contributed by atoms with Crippen molar-refractivity contribution in [2.24, 2.45) is 0 Å². The van der Waals surface area contributed by atoms with Crippen molar-refractivity contribution in [2.45, 2.75) is 19.4 Å². The number of hydrogen-bond donors (Lipinski definition) is 2. The third-order valence-corrected chi connectivity index (χ3v) is 3.13. The van der Waals surface area contributed by atoms with Crippen LogP contribution in [-0.4, -0.2) is 22.0 Å². The number of carbonyl (C=O) groups excluding carboxylic acids is 1. The van der Waals surface area contributed by atoms with E-state index in [1.807, 2.05) is 0 Å². The molecule has 0 spiro atoms. The Labute approximate surface area is 125 Å². The Kier molecular flexibility index (Phi) is 4.59. The van der Waals surface area contributed by atoms with Gasteiger partial charge in [-0.05, 0) is 24.6 Å². The van der Waals surface area contributed by atoms with Crippen molar-refractivity contribution in [3.8, 4) is 0 Å². The Morgan fingerprint density at radius 2 is 2.24 bits per heavy atom. The largest absolute Gasteiger partial charge is 0.481 e. The number of rotatable bonds is 5. The molecule has 110 valence electrons. The van der Waals surface area contributed by atoms with Crippen LogP contribution in [0.3, 0.4) is 0 Å². The average Bonchev–Trinajstić information content (AvgIpc) is 2.83. The molecule has 6 nitrogen and oxygen atoms in total. The summed E-state index contributed by atoms with van der Waals surface area (Å²) in [7, 11) is 0. The zero-order valence-corrected chi connectivity index (χ0v) is 11.9. The van der Waals surface area contributed by atoms with E-state index in [1.165, 1.54) is 0 Å².